The predicted octanol–water partition coefficient (Wildman–Crippen LogP) is 5.76. The number of carbonyl (C=O) groups is 2. The quantitative estimate of drug-likeness (QED) is 0.502. The largest absolute Gasteiger partial charge is 0.476 e. The van der Waals surface area contributed by atoms with Crippen molar-refractivity contribution in [1.29, 1.82) is 0 Å². The highest BCUT2D eigenvalue weighted by atomic mass is 35.5. The zero-order valence-electron chi connectivity index (χ0n) is 20.3. The van der Waals surface area contributed by atoms with E-state index >= 15 is 0 Å². The Morgan fingerprint density at radius 3 is 2.47 bits per heavy atom. The lowest BCUT2D eigenvalue weighted by Gasteiger charge is -2.36. The van der Waals surface area contributed by atoms with Gasteiger partial charge in [-0.2, -0.15) is 0 Å². The Balaban J connectivity index is 1.33. The van der Waals surface area contributed by atoms with Crippen LogP contribution in [-0.2, 0) is 4.79 Å². The lowest BCUT2D eigenvalue weighted by atomic mass is 9.94. The second-order valence-corrected chi connectivity index (χ2v) is 11.2. The monoisotopic (exact) mass is 503 g/mol. The number of halogens is 1. The van der Waals surface area contributed by atoms with Gasteiger partial charge in [-0.1, -0.05) is 43.0 Å². The molecule has 0 spiro atoms. The summed E-state index contributed by atoms with van der Waals surface area (Å²) in [4.78, 5) is 34.6. The minimum absolute atomic E-state index is 0.0282. The number of rotatable bonds is 6. The number of likely N-dealkylation sites (tertiary alicyclic amines) is 1. The number of nitrogens with zero attached hydrogens (tertiary/aromatic N) is 3. The van der Waals surface area contributed by atoms with Crippen LogP contribution in [-0.4, -0.2) is 58.4 Å². The molecule has 184 valence electrons. The molecule has 1 aliphatic heterocycles. The normalized spacial score (nSPS) is 18.1. The second kappa shape index (κ2) is 10.6. The minimum Gasteiger partial charge on any atom is -0.476 e. The van der Waals surface area contributed by atoms with Crippen LogP contribution in [0.4, 0.5) is 0 Å². The van der Waals surface area contributed by atoms with E-state index < -0.39 is 5.60 Å². The molecule has 2 heterocycles. The van der Waals surface area contributed by atoms with E-state index in [0.29, 0.717) is 35.6 Å². The van der Waals surface area contributed by atoms with Crippen LogP contribution in [0.2, 0.25) is 5.02 Å². The molecule has 2 fully saturated rings. The number of amides is 2. The summed E-state index contributed by atoms with van der Waals surface area (Å²) in [5, 5.41) is 3.39. The van der Waals surface area contributed by atoms with E-state index in [1.54, 1.807) is 37.3 Å². The lowest BCUT2D eigenvalue weighted by Crippen LogP contribution is -2.51. The molecule has 6 nitrogen and oxygen atoms in total. The van der Waals surface area contributed by atoms with Crippen LogP contribution in [0.3, 0.4) is 0 Å². The summed E-state index contributed by atoms with van der Waals surface area (Å²) in [5.74, 6) is 0.759. The molecule has 0 N–H and O–H groups in total. The summed E-state index contributed by atoms with van der Waals surface area (Å²) < 4.78 is 5.99. The van der Waals surface area contributed by atoms with Gasteiger partial charge < -0.3 is 14.5 Å². The Bertz CT molecular complexity index is 1010. The van der Waals surface area contributed by atoms with Crippen LogP contribution in [0, 0.1) is 0 Å². The topological polar surface area (TPSA) is 62.7 Å². The number of para-hydroxylation sites is 1. The lowest BCUT2D eigenvalue weighted by molar-refractivity contribution is -0.146. The number of hydrogen-bond donors (Lipinski definition) is 0. The third-order valence-electron chi connectivity index (χ3n) is 7.03. The van der Waals surface area contributed by atoms with Crippen LogP contribution in [0.5, 0.6) is 5.75 Å². The average Bonchev–Trinajstić information content (AvgIpc) is 3.35. The van der Waals surface area contributed by atoms with Crippen molar-refractivity contribution in [3.8, 4) is 5.75 Å². The first-order chi connectivity index (χ1) is 16.3. The van der Waals surface area contributed by atoms with E-state index in [4.69, 9.17) is 21.3 Å². The van der Waals surface area contributed by atoms with E-state index in [-0.39, 0.29) is 17.7 Å². The Morgan fingerprint density at radius 2 is 1.79 bits per heavy atom. The molecule has 4 rings (SSSR count). The van der Waals surface area contributed by atoms with Crippen LogP contribution < -0.4 is 4.74 Å². The van der Waals surface area contributed by atoms with Crippen molar-refractivity contribution in [2.24, 2.45) is 0 Å². The number of aromatic nitrogens is 1. The van der Waals surface area contributed by atoms with Gasteiger partial charge in [0.1, 0.15) is 11.4 Å². The Hall–Kier alpha value is -2.12. The molecule has 2 aliphatic rings. The number of carbonyl (C=O) groups excluding carboxylic acids is 2. The van der Waals surface area contributed by atoms with Gasteiger partial charge >= 0.3 is 0 Å². The van der Waals surface area contributed by atoms with Crippen molar-refractivity contribution in [2.45, 2.75) is 76.4 Å². The molecule has 8 heteroatoms. The van der Waals surface area contributed by atoms with E-state index in [1.807, 2.05) is 34.4 Å². The number of thiazole rings is 1. The van der Waals surface area contributed by atoms with E-state index in [0.717, 1.165) is 30.7 Å². The summed E-state index contributed by atoms with van der Waals surface area (Å²) in [6.07, 6.45) is 7.49. The molecule has 0 bridgehead atoms. The fourth-order valence-electron chi connectivity index (χ4n) is 4.94. The highest BCUT2D eigenvalue weighted by molar-refractivity contribution is 7.09. The van der Waals surface area contributed by atoms with Gasteiger partial charge in [0.2, 0.25) is 0 Å². The summed E-state index contributed by atoms with van der Waals surface area (Å²) in [6.45, 7) is 4.85. The van der Waals surface area contributed by atoms with Crippen LogP contribution in [0.25, 0.3) is 0 Å². The van der Waals surface area contributed by atoms with E-state index in [9.17, 15) is 9.59 Å². The van der Waals surface area contributed by atoms with E-state index in [2.05, 4.69) is 0 Å². The van der Waals surface area contributed by atoms with Gasteiger partial charge in [-0.3, -0.25) is 9.59 Å². The molecule has 1 aromatic carbocycles. The number of piperidine rings is 1. The smallest absolute Gasteiger partial charge is 0.273 e. The summed E-state index contributed by atoms with van der Waals surface area (Å²) in [5.41, 5.74) is -0.455. The molecule has 1 saturated heterocycles. The van der Waals surface area contributed by atoms with Crippen molar-refractivity contribution in [3.05, 3.63) is 45.4 Å². The second-order valence-electron chi connectivity index (χ2n) is 9.89. The fourth-order valence-corrected chi connectivity index (χ4v) is 6.08. The molecule has 1 aliphatic carbocycles. The molecule has 34 heavy (non-hydrogen) atoms. The minimum atomic E-state index is -1.01. The highest BCUT2D eigenvalue weighted by Gasteiger charge is 2.37. The summed E-state index contributed by atoms with van der Waals surface area (Å²) in [6, 6.07) is 7.53. The number of benzene rings is 1. The predicted molar refractivity (Wildman–Crippen MR) is 136 cm³/mol. The van der Waals surface area contributed by atoms with Gasteiger partial charge in [-0.25, -0.2) is 4.98 Å². The first kappa shape index (κ1) is 25.0. The van der Waals surface area contributed by atoms with Crippen LogP contribution in [0.1, 0.15) is 80.2 Å². The fraction of sp³-hybridized carbons (Fsp3) is 0.577. The van der Waals surface area contributed by atoms with E-state index in [1.165, 1.54) is 19.3 Å². The van der Waals surface area contributed by atoms with Gasteiger partial charge in [-0.05, 0) is 51.7 Å². The highest BCUT2D eigenvalue weighted by Crippen LogP contribution is 2.33. The third kappa shape index (κ3) is 5.57. The Morgan fingerprint density at radius 1 is 1.12 bits per heavy atom. The van der Waals surface area contributed by atoms with Crippen molar-refractivity contribution in [3.63, 3.8) is 0 Å². The van der Waals surface area contributed by atoms with Gasteiger partial charge in [0.05, 0.1) is 10.0 Å². The third-order valence-corrected chi connectivity index (χ3v) is 8.35. The molecule has 0 radical (unpaired) electrons. The molecule has 2 amide bonds. The number of ether oxygens (including phenoxy) is 1. The van der Waals surface area contributed by atoms with Crippen molar-refractivity contribution in [2.75, 3.05) is 20.1 Å². The molecular weight excluding hydrogens is 470 g/mol. The van der Waals surface area contributed by atoms with Crippen molar-refractivity contribution < 1.29 is 14.3 Å². The standard InChI is InChI=1S/C26H34ClN3O3S/c1-26(2,33-22-12-8-7-11-20(22)27)25(32)30-15-13-18(14-16-30)23-28-21(17-34-23)24(31)29(3)19-9-5-4-6-10-19/h7-8,11-12,17-19H,4-6,9-10,13-16H2,1-3H3. The summed E-state index contributed by atoms with van der Waals surface area (Å²) in [7, 11) is 1.91. The molecule has 0 atom stereocenters. The summed E-state index contributed by atoms with van der Waals surface area (Å²) >= 11 is 7.78. The Kier molecular flexibility index (Phi) is 7.83. The maximum atomic E-state index is 13.2. The van der Waals surface area contributed by atoms with Gasteiger partial charge in [0, 0.05) is 37.5 Å². The number of hydrogen-bond acceptors (Lipinski definition) is 5. The molecule has 2 aromatic rings. The van der Waals surface area contributed by atoms with Crippen LogP contribution in [0.15, 0.2) is 29.6 Å². The van der Waals surface area contributed by atoms with Crippen molar-refractivity contribution in [1.82, 2.24) is 14.8 Å². The maximum Gasteiger partial charge on any atom is 0.273 e. The zero-order chi connectivity index (χ0) is 24.3. The SMILES string of the molecule is CN(C(=O)c1csc(C2CCN(C(=O)C(C)(C)Oc3ccccc3Cl)CC2)n1)C1CCCCC1. The van der Waals surface area contributed by atoms with Crippen molar-refractivity contribution >= 4 is 34.8 Å². The molecule has 1 saturated carbocycles. The average molecular weight is 504 g/mol. The molecule has 1 aromatic heterocycles. The van der Waals surface area contributed by atoms with Gasteiger partial charge in [0.15, 0.2) is 5.60 Å². The maximum absolute atomic E-state index is 13.2. The molecule has 0 unspecified atom stereocenters. The van der Waals surface area contributed by atoms with Gasteiger partial charge in [0.25, 0.3) is 11.8 Å². The molecular formula is C26H34ClN3O3S. The van der Waals surface area contributed by atoms with Gasteiger partial charge in [-0.15, -0.1) is 11.3 Å². The first-order valence-electron chi connectivity index (χ1n) is 12.2. The Labute approximate surface area is 211 Å². The van der Waals surface area contributed by atoms with Crippen LogP contribution >= 0.6 is 22.9 Å². The first-order valence-corrected chi connectivity index (χ1v) is 13.5. The zero-order valence-corrected chi connectivity index (χ0v) is 21.8.